The van der Waals surface area contributed by atoms with Crippen LogP contribution in [0.5, 0.6) is 0 Å². The third kappa shape index (κ3) is 3.95. The molecule has 2 rings (SSSR count). The van der Waals surface area contributed by atoms with Crippen molar-refractivity contribution in [2.45, 2.75) is 90.3 Å². The van der Waals surface area contributed by atoms with Gasteiger partial charge in [0.25, 0.3) is 0 Å². The van der Waals surface area contributed by atoms with Crippen LogP contribution in [0.4, 0.5) is 0 Å². The van der Waals surface area contributed by atoms with E-state index in [0.717, 1.165) is 24.0 Å². The second-order valence-electron chi connectivity index (χ2n) is 6.84. The Morgan fingerprint density at radius 1 is 1.16 bits per heavy atom. The van der Waals surface area contributed by atoms with Crippen molar-refractivity contribution in [1.29, 1.82) is 0 Å². The van der Waals surface area contributed by atoms with E-state index in [1.807, 2.05) is 0 Å². The van der Waals surface area contributed by atoms with Crippen LogP contribution in [-0.4, -0.2) is 36.1 Å². The zero-order valence-corrected chi connectivity index (χ0v) is 13.3. The molecule has 1 saturated carbocycles. The number of nitrogens with zero attached hydrogens (tertiary/aromatic N) is 1. The Hall–Kier alpha value is -0.0800. The molecule has 0 aromatic carbocycles. The van der Waals surface area contributed by atoms with Crippen LogP contribution >= 0.6 is 0 Å². The fourth-order valence-electron chi connectivity index (χ4n) is 4.03. The lowest BCUT2D eigenvalue weighted by Crippen LogP contribution is -2.61. The minimum Gasteiger partial charge on any atom is -0.311 e. The van der Waals surface area contributed by atoms with Gasteiger partial charge in [-0.1, -0.05) is 52.9 Å². The molecular formula is C17H34N2. The molecule has 1 aliphatic heterocycles. The summed E-state index contributed by atoms with van der Waals surface area (Å²) in [6.07, 6.45) is 11.3. The molecular weight excluding hydrogens is 232 g/mol. The lowest BCUT2D eigenvalue weighted by atomic mass is 9.87. The summed E-state index contributed by atoms with van der Waals surface area (Å²) in [7, 11) is 0. The summed E-state index contributed by atoms with van der Waals surface area (Å²) in [5.74, 6) is 0.831. The van der Waals surface area contributed by atoms with Gasteiger partial charge in [-0.3, -0.25) is 4.90 Å². The first-order chi connectivity index (χ1) is 9.26. The maximum atomic E-state index is 3.81. The third-order valence-electron chi connectivity index (χ3n) is 5.45. The number of hydrogen-bond acceptors (Lipinski definition) is 2. The molecule has 0 radical (unpaired) electrons. The predicted molar refractivity (Wildman–Crippen MR) is 83.5 cm³/mol. The molecule has 0 amide bonds. The average Bonchev–Trinajstić information content (AvgIpc) is 2.47. The molecule has 19 heavy (non-hydrogen) atoms. The number of hydrogen-bond donors (Lipinski definition) is 1. The van der Waals surface area contributed by atoms with Crippen molar-refractivity contribution in [3.63, 3.8) is 0 Å². The minimum atomic E-state index is 0.743. The first-order valence-corrected chi connectivity index (χ1v) is 8.75. The molecule has 2 heteroatoms. The van der Waals surface area contributed by atoms with Crippen molar-refractivity contribution in [3.05, 3.63) is 0 Å². The predicted octanol–water partition coefficient (Wildman–Crippen LogP) is 3.81. The minimum absolute atomic E-state index is 0.743. The van der Waals surface area contributed by atoms with Crippen LogP contribution in [0, 0.1) is 5.92 Å². The van der Waals surface area contributed by atoms with Gasteiger partial charge in [0.05, 0.1) is 0 Å². The number of rotatable bonds is 5. The Labute approximate surface area is 120 Å². The van der Waals surface area contributed by atoms with Crippen molar-refractivity contribution >= 4 is 0 Å². The molecule has 112 valence electrons. The van der Waals surface area contributed by atoms with E-state index in [1.165, 1.54) is 64.5 Å². The first kappa shape index (κ1) is 15.3. The van der Waals surface area contributed by atoms with Crippen LogP contribution < -0.4 is 5.32 Å². The second-order valence-corrected chi connectivity index (χ2v) is 6.84. The molecule has 2 aliphatic rings. The van der Waals surface area contributed by atoms with E-state index in [0.29, 0.717) is 0 Å². The van der Waals surface area contributed by atoms with Crippen LogP contribution in [0.25, 0.3) is 0 Å². The van der Waals surface area contributed by atoms with Gasteiger partial charge in [0, 0.05) is 31.2 Å². The Morgan fingerprint density at radius 3 is 2.53 bits per heavy atom. The SMILES string of the molecule is CCCC1CN(C2CCCCC2)C(C(C)CC)CN1. The molecule has 1 saturated heterocycles. The zero-order valence-electron chi connectivity index (χ0n) is 13.3. The van der Waals surface area contributed by atoms with Crippen LogP contribution in [0.3, 0.4) is 0 Å². The summed E-state index contributed by atoms with van der Waals surface area (Å²) in [6.45, 7) is 9.63. The third-order valence-corrected chi connectivity index (χ3v) is 5.45. The maximum absolute atomic E-state index is 3.81. The lowest BCUT2D eigenvalue weighted by Gasteiger charge is -2.48. The molecule has 0 aromatic heterocycles. The molecule has 1 aliphatic carbocycles. The molecule has 3 atom stereocenters. The second kappa shape index (κ2) is 7.64. The Morgan fingerprint density at radius 2 is 1.89 bits per heavy atom. The number of piperazine rings is 1. The first-order valence-electron chi connectivity index (χ1n) is 8.75. The van der Waals surface area contributed by atoms with E-state index in [1.54, 1.807) is 0 Å². The van der Waals surface area contributed by atoms with Crippen molar-refractivity contribution in [2.75, 3.05) is 13.1 Å². The zero-order chi connectivity index (χ0) is 13.7. The van der Waals surface area contributed by atoms with Gasteiger partial charge in [0.15, 0.2) is 0 Å². The van der Waals surface area contributed by atoms with Crippen molar-refractivity contribution in [1.82, 2.24) is 10.2 Å². The summed E-state index contributed by atoms with van der Waals surface area (Å²) >= 11 is 0. The van der Waals surface area contributed by atoms with E-state index in [2.05, 4.69) is 31.0 Å². The number of nitrogens with one attached hydrogen (secondary N) is 1. The lowest BCUT2D eigenvalue weighted by molar-refractivity contribution is 0.0328. The van der Waals surface area contributed by atoms with E-state index >= 15 is 0 Å². The standard InChI is InChI=1S/C17H34N2/c1-4-9-15-13-19(16-10-7-6-8-11-16)17(12-18-15)14(3)5-2/h14-18H,4-13H2,1-3H3. The smallest absolute Gasteiger partial charge is 0.0249 e. The Balaban J connectivity index is 2.01. The van der Waals surface area contributed by atoms with Crippen molar-refractivity contribution < 1.29 is 0 Å². The highest BCUT2D eigenvalue weighted by Gasteiger charge is 2.35. The summed E-state index contributed by atoms with van der Waals surface area (Å²) in [5.41, 5.74) is 0. The van der Waals surface area contributed by atoms with Crippen molar-refractivity contribution in [2.24, 2.45) is 5.92 Å². The van der Waals surface area contributed by atoms with Gasteiger partial charge in [0.1, 0.15) is 0 Å². The average molecular weight is 266 g/mol. The normalized spacial score (nSPS) is 32.4. The van der Waals surface area contributed by atoms with Gasteiger partial charge >= 0.3 is 0 Å². The topological polar surface area (TPSA) is 15.3 Å². The maximum Gasteiger partial charge on any atom is 0.0249 e. The highest BCUT2D eigenvalue weighted by atomic mass is 15.3. The van der Waals surface area contributed by atoms with Gasteiger partial charge in [-0.25, -0.2) is 0 Å². The quantitative estimate of drug-likeness (QED) is 0.814. The molecule has 0 spiro atoms. The van der Waals surface area contributed by atoms with Crippen LogP contribution in [0.2, 0.25) is 0 Å². The molecule has 1 heterocycles. The summed E-state index contributed by atoms with van der Waals surface area (Å²) in [6, 6.07) is 2.41. The van der Waals surface area contributed by atoms with E-state index in [-0.39, 0.29) is 0 Å². The van der Waals surface area contributed by atoms with Gasteiger partial charge < -0.3 is 5.32 Å². The monoisotopic (exact) mass is 266 g/mol. The summed E-state index contributed by atoms with van der Waals surface area (Å²) < 4.78 is 0. The molecule has 2 nitrogen and oxygen atoms in total. The highest BCUT2D eigenvalue weighted by molar-refractivity contribution is 4.92. The van der Waals surface area contributed by atoms with Crippen LogP contribution in [0.15, 0.2) is 0 Å². The van der Waals surface area contributed by atoms with Crippen molar-refractivity contribution in [3.8, 4) is 0 Å². The van der Waals surface area contributed by atoms with Gasteiger partial charge in [-0.05, 0) is 25.2 Å². The van der Waals surface area contributed by atoms with Gasteiger partial charge in [-0.2, -0.15) is 0 Å². The molecule has 2 fully saturated rings. The molecule has 1 N–H and O–H groups in total. The van der Waals surface area contributed by atoms with Gasteiger partial charge in [-0.15, -0.1) is 0 Å². The van der Waals surface area contributed by atoms with E-state index in [4.69, 9.17) is 0 Å². The van der Waals surface area contributed by atoms with Crippen LogP contribution in [-0.2, 0) is 0 Å². The van der Waals surface area contributed by atoms with E-state index in [9.17, 15) is 0 Å². The summed E-state index contributed by atoms with van der Waals surface area (Å²) in [4.78, 5) is 2.91. The van der Waals surface area contributed by atoms with Crippen LogP contribution in [0.1, 0.15) is 72.1 Å². The molecule has 3 unspecified atom stereocenters. The fraction of sp³-hybridized carbons (Fsp3) is 1.00. The Bertz CT molecular complexity index is 248. The fourth-order valence-corrected chi connectivity index (χ4v) is 4.03. The largest absolute Gasteiger partial charge is 0.311 e. The Kier molecular flexibility index (Phi) is 6.15. The van der Waals surface area contributed by atoms with E-state index < -0.39 is 0 Å². The van der Waals surface area contributed by atoms with Gasteiger partial charge in [0.2, 0.25) is 0 Å². The molecule has 0 aromatic rings. The molecule has 0 bridgehead atoms. The highest BCUT2D eigenvalue weighted by Crippen LogP contribution is 2.29. The summed E-state index contributed by atoms with van der Waals surface area (Å²) in [5, 5.41) is 3.81.